The number of amidine groups is 1. The van der Waals surface area contributed by atoms with Crippen molar-refractivity contribution in [2.24, 2.45) is 16.3 Å². The van der Waals surface area contributed by atoms with Gasteiger partial charge in [-0.15, -0.1) is 11.3 Å². The van der Waals surface area contributed by atoms with Gasteiger partial charge in [0, 0.05) is 29.8 Å². The highest BCUT2D eigenvalue weighted by Crippen LogP contribution is 2.31. The summed E-state index contributed by atoms with van der Waals surface area (Å²) in [7, 11) is 0. The molecule has 1 aromatic heterocycles. The number of amides is 1. The third-order valence-corrected chi connectivity index (χ3v) is 5.28. The molecule has 116 valence electrons. The molecule has 2 heterocycles. The molecule has 1 fully saturated rings. The molecule has 2 rings (SSSR count). The average Bonchev–Trinajstić information content (AvgIpc) is 3.00. The number of nitrogens with zero attached hydrogens (tertiary/aromatic N) is 2. The van der Waals surface area contributed by atoms with E-state index in [1.807, 2.05) is 17.9 Å². The summed E-state index contributed by atoms with van der Waals surface area (Å²) in [5, 5.41) is 14.0. The lowest BCUT2D eigenvalue weighted by Crippen LogP contribution is -2.47. The number of carbonyl (C=O) groups is 1. The Balaban J connectivity index is 1.75. The summed E-state index contributed by atoms with van der Waals surface area (Å²) in [6.07, 6.45) is 3.96. The van der Waals surface area contributed by atoms with Crippen molar-refractivity contribution < 1.29 is 10.0 Å². The second-order valence-electron chi connectivity index (χ2n) is 5.86. The summed E-state index contributed by atoms with van der Waals surface area (Å²) in [6.45, 7) is 3.36. The lowest BCUT2D eigenvalue weighted by molar-refractivity contribution is -0.132. The van der Waals surface area contributed by atoms with E-state index in [0.29, 0.717) is 19.5 Å². The quantitative estimate of drug-likeness (QED) is 0.379. The lowest BCUT2D eigenvalue weighted by Gasteiger charge is -2.38. The molecule has 3 N–H and O–H groups in total. The second-order valence-corrected chi connectivity index (χ2v) is 6.89. The van der Waals surface area contributed by atoms with Gasteiger partial charge in [-0.25, -0.2) is 0 Å². The van der Waals surface area contributed by atoms with E-state index >= 15 is 0 Å². The van der Waals surface area contributed by atoms with Crippen LogP contribution >= 0.6 is 11.3 Å². The van der Waals surface area contributed by atoms with Crippen molar-refractivity contribution in [1.82, 2.24) is 4.90 Å². The Morgan fingerprint density at radius 1 is 1.52 bits per heavy atom. The fourth-order valence-electron chi connectivity index (χ4n) is 2.65. The fraction of sp³-hybridized carbons (Fsp3) is 0.600. The van der Waals surface area contributed by atoms with E-state index in [0.717, 1.165) is 25.7 Å². The van der Waals surface area contributed by atoms with Crippen LogP contribution in [0.5, 0.6) is 0 Å². The Hall–Kier alpha value is -1.56. The Morgan fingerprint density at radius 3 is 2.81 bits per heavy atom. The topological polar surface area (TPSA) is 78.9 Å². The molecule has 1 saturated heterocycles. The van der Waals surface area contributed by atoms with Crippen molar-refractivity contribution in [1.29, 1.82) is 0 Å². The standard InChI is InChI=1S/C15H23N3O2S/c1-15(14(16)17-20)7-9-18(10-8-15)13(19)6-2-4-12-5-3-11-21-12/h3,5,11,20H,2,4,6-10H2,1H3,(H2,16,17). The molecule has 1 aliphatic heterocycles. The Morgan fingerprint density at radius 2 is 2.24 bits per heavy atom. The molecule has 0 saturated carbocycles. The van der Waals surface area contributed by atoms with Crippen molar-refractivity contribution in [2.75, 3.05) is 13.1 Å². The zero-order chi connectivity index (χ0) is 15.3. The van der Waals surface area contributed by atoms with Crippen LogP contribution < -0.4 is 5.73 Å². The number of oxime groups is 1. The van der Waals surface area contributed by atoms with Gasteiger partial charge in [0.15, 0.2) is 0 Å². The van der Waals surface area contributed by atoms with Crippen LogP contribution in [0, 0.1) is 5.41 Å². The molecular formula is C15H23N3O2S. The minimum Gasteiger partial charge on any atom is -0.409 e. The minimum atomic E-state index is -0.289. The second kappa shape index (κ2) is 6.93. The van der Waals surface area contributed by atoms with Crippen molar-refractivity contribution in [3.8, 4) is 0 Å². The van der Waals surface area contributed by atoms with Gasteiger partial charge in [-0.05, 0) is 37.1 Å². The summed E-state index contributed by atoms with van der Waals surface area (Å²) < 4.78 is 0. The number of piperidine rings is 1. The van der Waals surface area contributed by atoms with Crippen molar-refractivity contribution >= 4 is 23.1 Å². The van der Waals surface area contributed by atoms with E-state index in [9.17, 15) is 4.79 Å². The zero-order valence-corrected chi connectivity index (χ0v) is 13.2. The summed E-state index contributed by atoms with van der Waals surface area (Å²) in [5.41, 5.74) is 5.45. The van der Waals surface area contributed by atoms with Crippen LogP contribution in [-0.2, 0) is 11.2 Å². The predicted molar refractivity (Wildman–Crippen MR) is 84.6 cm³/mol. The van der Waals surface area contributed by atoms with Gasteiger partial charge in [0.05, 0.1) is 0 Å². The molecule has 5 nitrogen and oxygen atoms in total. The first-order valence-corrected chi connectivity index (χ1v) is 8.21. The molecule has 0 spiro atoms. The van der Waals surface area contributed by atoms with Crippen LogP contribution in [0.4, 0.5) is 0 Å². The molecule has 6 heteroatoms. The van der Waals surface area contributed by atoms with Gasteiger partial charge in [-0.2, -0.15) is 0 Å². The van der Waals surface area contributed by atoms with Crippen molar-refractivity contribution in [3.63, 3.8) is 0 Å². The van der Waals surface area contributed by atoms with E-state index in [1.54, 1.807) is 11.3 Å². The third-order valence-electron chi connectivity index (χ3n) is 4.34. The van der Waals surface area contributed by atoms with E-state index in [4.69, 9.17) is 10.9 Å². The molecule has 0 atom stereocenters. The smallest absolute Gasteiger partial charge is 0.222 e. The first-order chi connectivity index (χ1) is 10.0. The SMILES string of the molecule is CC1(/C(N)=N/O)CCN(C(=O)CCCc2cccs2)CC1. The van der Waals surface area contributed by atoms with Crippen LogP contribution in [0.25, 0.3) is 0 Å². The van der Waals surface area contributed by atoms with Crippen LogP contribution in [0.3, 0.4) is 0 Å². The molecule has 1 aliphatic rings. The van der Waals surface area contributed by atoms with Crippen LogP contribution in [0.2, 0.25) is 0 Å². The molecule has 0 bridgehead atoms. The Labute approximate surface area is 129 Å². The number of hydrogen-bond donors (Lipinski definition) is 2. The van der Waals surface area contributed by atoms with E-state index in [1.165, 1.54) is 4.88 Å². The van der Waals surface area contributed by atoms with Crippen molar-refractivity contribution in [2.45, 2.75) is 39.0 Å². The molecule has 1 aromatic rings. The predicted octanol–water partition coefficient (Wildman–Crippen LogP) is 2.45. The first-order valence-electron chi connectivity index (χ1n) is 7.33. The Kier molecular flexibility index (Phi) is 5.22. The number of hydrogen-bond acceptors (Lipinski definition) is 4. The third kappa shape index (κ3) is 3.97. The summed E-state index contributed by atoms with van der Waals surface area (Å²) in [6, 6.07) is 4.15. The highest BCUT2D eigenvalue weighted by atomic mass is 32.1. The van der Waals surface area contributed by atoms with Gasteiger partial charge in [0.25, 0.3) is 0 Å². The van der Waals surface area contributed by atoms with Crippen LogP contribution in [0.1, 0.15) is 37.5 Å². The largest absolute Gasteiger partial charge is 0.409 e. The van der Waals surface area contributed by atoms with Gasteiger partial charge in [-0.3, -0.25) is 4.79 Å². The minimum absolute atomic E-state index is 0.216. The number of likely N-dealkylation sites (tertiary alicyclic amines) is 1. The van der Waals surface area contributed by atoms with Crippen LogP contribution in [-0.4, -0.2) is 34.9 Å². The van der Waals surface area contributed by atoms with E-state index in [2.05, 4.69) is 16.6 Å². The van der Waals surface area contributed by atoms with Gasteiger partial charge in [0.2, 0.25) is 5.91 Å². The van der Waals surface area contributed by atoms with Gasteiger partial charge in [0.1, 0.15) is 5.84 Å². The highest BCUT2D eigenvalue weighted by Gasteiger charge is 2.35. The van der Waals surface area contributed by atoms with E-state index < -0.39 is 0 Å². The molecule has 0 aliphatic carbocycles. The molecule has 0 unspecified atom stereocenters. The Bertz CT molecular complexity index is 491. The molecular weight excluding hydrogens is 286 g/mol. The van der Waals surface area contributed by atoms with Crippen LogP contribution in [0.15, 0.2) is 22.7 Å². The number of nitrogens with two attached hydrogens (primary N) is 1. The van der Waals surface area contributed by atoms with Gasteiger partial charge in [-0.1, -0.05) is 18.1 Å². The average molecular weight is 309 g/mol. The molecule has 1 amide bonds. The molecule has 21 heavy (non-hydrogen) atoms. The summed E-state index contributed by atoms with van der Waals surface area (Å²) in [5.74, 6) is 0.486. The maximum atomic E-state index is 12.2. The number of thiophene rings is 1. The van der Waals surface area contributed by atoms with Gasteiger partial charge < -0.3 is 15.8 Å². The fourth-order valence-corrected chi connectivity index (χ4v) is 3.40. The first kappa shape index (κ1) is 15.8. The summed E-state index contributed by atoms with van der Waals surface area (Å²) in [4.78, 5) is 15.4. The molecule has 0 radical (unpaired) electrons. The maximum Gasteiger partial charge on any atom is 0.222 e. The molecule has 0 aromatic carbocycles. The normalized spacial score (nSPS) is 18.7. The summed E-state index contributed by atoms with van der Waals surface area (Å²) >= 11 is 1.74. The number of aryl methyl sites for hydroxylation is 1. The van der Waals surface area contributed by atoms with Crippen molar-refractivity contribution in [3.05, 3.63) is 22.4 Å². The van der Waals surface area contributed by atoms with Gasteiger partial charge >= 0.3 is 0 Å². The lowest BCUT2D eigenvalue weighted by atomic mass is 9.79. The maximum absolute atomic E-state index is 12.2. The number of carbonyl (C=O) groups excluding carboxylic acids is 1. The highest BCUT2D eigenvalue weighted by molar-refractivity contribution is 7.09. The number of rotatable bonds is 5. The zero-order valence-electron chi connectivity index (χ0n) is 12.4. The van der Waals surface area contributed by atoms with E-state index in [-0.39, 0.29) is 17.2 Å². The monoisotopic (exact) mass is 309 g/mol.